The Hall–Kier alpha value is -3.25. The summed E-state index contributed by atoms with van der Waals surface area (Å²) >= 11 is 1.44. The molecule has 0 spiro atoms. The number of hydrogen-bond acceptors (Lipinski definition) is 4. The minimum absolute atomic E-state index is 0.0854. The lowest BCUT2D eigenvalue weighted by Crippen LogP contribution is -2.27. The Morgan fingerprint density at radius 2 is 1.93 bits per heavy atom. The quantitative estimate of drug-likeness (QED) is 0.538. The Balaban J connectivity index is 1.67. The molecule has 29 heavy (non-hydrogen) atoms. The molecule has 0 aliphatic heterocycles. The summed E-state index contributed by atoms with van der Waals surface area (Å²) < 4.78 is 1.37. The number of thiophene rings is 1. The topological polar surface area (TPSA) is 64.0 Å². The molecule has 2 aromatic heterocycles. The average Bonchev–Trinajstić information content (AvgIpc) is 3.11. The number of aryl methyl sites for hydroxylation is 3. The second kappa shape index (κ2) is 7.64. The molecule has 2 aromatic carbocycles. The number of aromatic nitrogens is 2. The average molecular weight is 404 g/mol. The van der Waals surface area contributed by atoms with Crippen LogP contribution in [-0.4, -0.2) is 15.5 Å². The van der Waals surface area contributed by atoms with Crippen molar-refractivity contribution in [2.24, 2.45) is 0 Å². The fraction of sp³-hybridized carbons (Fsp3) is 0.174. The zero-order chi connectivity index (χ0) is 20.5. The number of fused-ring (bicyclic) bond motifs is 1. The molecular formula is C23H21N3O2S. The lowest BCUT2D eigenvalue weighted by molar-refractivity contribution is -0.116. The Labute approximate surface area is 172 Å². The van der Waals surface area contributed by atoms with E-state index in [1.165, 1.54) is 33.4 Å². The van der Waals surface area contributed by atoms with Crippen LogP contribution in [0.5, 0.6) is 0 Å². The largest absolute Gasteiger partial charge is 0.325 e. The minimum atomic E-state index is -0.262. The van der Waals surface area contributed by atoms with E-state index in [1.54, 1.807) is 0 Å². The van der Waals surface area contributed by atoms with Crippen LogP contribution in [0.25, 0.3) is 21.3 Å². The molecule has 6 heteroatoms. The maximum Gasteiger partial charge on any atom is 0.263 e. The van der Waals surface area contributed by atoms with E-state index in [9.17, 15) is 9.59 Å². The van der Waals surface area contributed by atoms with Crippen LogP contribution in [0.2, 0.25) is 0 Å². The number of hydrogen-bond donors (Lipinski definition) is 1. The van der Waals surface area contributed by atoms with Gasteiger partial charge in [0, 0.05) is 16.6 Å². The predicted octanol–water partition coefficient (Wildman–Crippen LogP) is 4.69. The highest BCUT2D eigenvalue weighted by Gasteiger charge is 2.15. The predicted molar refractivity (Wildman–Crippen MR) is 119 cm³/mol. The molecule has 0 aliphatic rings. The lowest BCUT2D eigenvalue weighted by Gasteiger charge is -2.09. The van der Waals surface area contributed by atoms with Crippen LogP contribution < -0.4 is 10.9 Å². The first-order chi connectivity index (χ1) is 13.9. The molecule has 4 rings (SSSR count). The van der Waals surface area contributed by atoms with Crippen molar-refractivity contribution in [3.05, 3.63) is 81.2 Å². The van der Waals surface area contributed by atoms with Crippen molar-refractivity contribution < 1.29 is 4.79 Å². The van der Waals surface area contributed by atoms with Gasteiger partial charge < -0.3 is 5.32 Å². The van der Waals surface area contributed by atoms with Crippen molar-refractivity contribution >= 4 is 33.1 Å². The van der Waals surface area contributed by atoms with Crippen molar-refractivity contribution in [1.82, 2.24) is 9.55 Å². The van der Waals surface area contributed by atoms with Crippen LogP contribution >= 0.6 is 11.3 Å². The van der Waals surface area contributed by atoms with E-state index in [2.05, 4.69) is 36.3 Å². The SMILES string of the molecule is Cc1cccc(NC(=O)Cn2cnc3scc(-c4ccc(C)c(C)c4)c3c2=O)c1. The molecular weight excluding hydrogens is 382 g/mol. The fourth-order valence-electron chi connectivity index (χ4n) is 3.28. The molecule has 2 heterocycles. The summed E-state index contributed by atoms with van der Waals surface area (Å²) in [6.45, 7) is 5.99. The van der Waals surface area contributed by atoms with E-state index in [4.69, 9.17) is 0 Å². The molecule has 0 fully saturated rings. The third-order valence-corrected chi connectivity index (χ3v) is 5.88. The van der Waals surface area contributed by atoms with Gasteiger partial charge in [0.1, 0.15) is 11.4 Å². The molecule has 0 bridgehead atoms. The first-order valence-corrected chi connectivity index (χ1v) is 10.2. The highest BCUT2D eigenvalue weighted by molar-refractivity contribution is 7.17. The van der Waals surface area contributed by atoms with Gasteiger partial charge in [-0.2, -0.15) is 0 Å². The van der Waals surface area contributed by atoms with Gasteiger partial charge in [-0.3, -0.25) is 14.2 Å². The van der Waals surface area contributed by atoms with Gasteiger partial charge in [0.25, 0.3) is 5.56 Å². The van der Waals surface area contributed by atoms with Gasteiger partial charge in [-0.15, -0.1) is 11.3 Å². The number of nitrogens with zero attached hydrogens (tertiary/aromatic N) is 2. The summed E-state index contributed by atoms with van der Waals surface area (Å²) in [6.07, 6.45) is 1.45. The zero-order valence-electron chi connectivity index (χ0n) is 16.5. The Bertz CT molecular complexity index is 1290. The zero-order valence-corrected chi connectivity index (χ0v) is 17.3. The van der Waals surface area contributed by atoms with Gasteiger partial charge in [0.2, 0.25) is 5.91 Å². The molecule has 5 nitrogen and oxygen atoms in total. The van der Waals surface area contributed by atoms with E-state index >= 15 is 0 Å². The Morgan fingerprint density at radius 1 is 1.10 bits per heavy atom. The normalized spacial score (nSPS) is 11.0. The highest BCUT2D eigenvalue weighted by atomic mass is 32.1. The molecule has 146 valence electrons. The lowest BCUT2D eigenvalue weighted by atomic mass is 10.0. The summed E-state index contributed by atoms with van der Waals surface area (Å²) in [6, 6.07) is 13.7. The second-order valence-electron chi connectivity index (χ2n) is 7.22. The second-order valence-corrected chi connectivity index (χ2v) is 8.08. The van der Waals surface area contributed by atoms with Crippen molar-refractivity contribution in [2.45, 2.75) is 27.3 Å². The van der Waals surface area contributed by atoms with Crippen LogP contribution in [-0.2, 0) is 11.3 Å². The number of anilines is 1. The fourth-order valence-corrected chi connectivity index (χ4v) is 4.19. The molecule has 0 saturated carbocycles. The molecule has 1 amide bonds. The standard InChI is InChI=1S/C23H21N3O2S/c1-14-5-4-6-18(9-14)25-20(27)11-26-13-24-22-21(23(26)28)19(12-29-22)17-8-7-15(2)16(3)10-17/h4-10,12-13H,11H2,1-3H3,(H,25,27). The van der Waals surface area contributed by atoms with Gasteiger partial charge in [0.15, 0.2) is 0 Å². The van der Waals surface area contributed by atoms with Crippen LogP contribution in [0.3, 0.4) is 0 Å². The summed E-state index contributed by atoms with van der Waals surface area (Å²) in [7, 11) is 0. The van der Waals surface area contributed by atoms with Crippen LogP contribution in [0.1, 0.15) is 16.7 Å². The summed E-state index contributed by atoms with van der Waals surface area (Å²) in [4.78, 5) is 30.7. The summed E-state index contributed by atoms with van der Waals surface area (Å²) in [5, 5.41) is 5.35. The number of carbonyl (C=O) groups is 1. The van der Waals surface area contributed by atoms with Crippen molar-refractivity contribution in [3.63, 3.8) is 0 Å². The van der Waals surface area contributed by atoms with E-state index < -0.39 is 0 Å². The number of nitrogens with one attached hydrogen (secondary N) is 1. The molecule has 0 saturated heterocycles. The smallest absolute Gasteiger partial charge is 0.263 e. The van der Waals surface area contributed by atoms with E-state index in [0.29, 0.717) is 15.9 Å². The Kier molecular flexibility index (Phi) is 5.03. The van der Waals surface area contributed by atoms with E-state index in [-0.39, 0.29) is 18.0 Å². The number of amides is 1. The van der Waals surface area contributed by atoms with E-state index in [1.807, 2.05) is 42.6 Å². The first kappa shape index (κ1) is 19.1. The molecule has 0 atom stereocenters. The third-order valence-electron chi connectivity index (χ3n) is 4.99. The highest BCUT2D eigenvalue weighted by Crippen LogP contribution is 2.31. The van der Waals surface area contributed by atoms with Gasteiger partial charge >= 0.3 is 0 Å². The van der Waals surface area contributed by atoms with E-state index in [0.717, 1.165) is 16.7 Å². The third kappa shape index (κ3) is 3.84. The van der Waals surface area contributed by atoms with Gasteiger partial charge in [-0.05, 0) is 55.2 Å². The Morgan fingerprint density at radius 3 is 2.69 bits per heavy atom. The van der Waals surface area contributed by atoms with Gasteiger partial charge in [-0.25, -0.2) is 4.98 Å². The van der Waals surface area contributed by atoms with Crippen LogP contribution in [0.15, 0.2) is 59.0 Å². The van der Waals surface area contributed by atoms with Gasteiger partial charge in [-0.1, -0.05) is 30.3 Å². The van der Waals surface area contributed by atoms with Crippen LogP contribution in [0, 0.1) is 20.8 Å². The molecule has 0 unspecified atom stereocenters. The number of carbonyl (C=O) groups excluding carboxylic acids is 1. The number of rotatable bonds is 4. The van der Waals surface area contributed by atoms with Crippen molar-refractivity contribution in [2.75, 3.05) is 5.32 Å². The van der Waals surface area contributed by atoms with Crippen LogP contribution in [0.4, 0.5) is 5.69 Å². The molecule has 0 aliphatic carbocycles. The maximum absolute atomic E-state index is 13.1. The molecule has 0 radical (unpaired) electrons. The summed E-state index contributed by atoms with van der Waals surface area (Å²) in [5.41, 5.74) is 5.78. The molecule has 4 aromatic rings. The van der Waals surface area contributed by atoms with Gasteiger partial charge in [0.05, 0.1) is 11.7 Å². The van der Waals surface area contributed by atoms with Crippen molar-refractivity contribution in [3.8, 4) is 11.1 Å². The monoisotopic (exact) mass is 403 g/mol. The minimum Gasteiger partial charge on any atom is -0.325 e. The molecule has 1 N–H and O–H groups in total. The summed E-state index contributed by atoms with van der Waals surface area (Å²) in [5.74, 6) is -0.262. The number of benzene rings is 2. The maximum atomic E-state index is 13.1. The first-order valence-electron chi connectivity index (χ1n) is 9.33. The van der Waals surface area contributed by atoms with Crippen molar-refractivity contribution in [1.29, 1.82) is 0 Å².